The maximum Gasteiger partial charge on any atom is 0.253 e. The van der Waals surface area contributed by atoms with Crippen LogP contribution in [0.25, 0.3) is 0 Å². The van der Waals surface area contributed by atoms with Gasteiger partial charge in [0, 0.05) is 301 Å². The Morgan fingerprint density at radius 2 is 1.29 bits per heavy atom. The maximum absolute atomic E-state index is 11.5. The van der Waals surface area contributed by atoms with Crippen molar-refractivity contribution in [1.29, 1.82) is 0 Å². The summed E-state index contributed by atoms with van der Waals surface area (Å²) >= 11 is 0. The van der Waals surface area contributed by atoms with E-state index < -0.39 is 0 Å². The van der Waals surface area contributed by atoms with Gasteiger partial charge < -0.3 is 7.43 Å². The third kappa shape index (κ3) is 21.9. The van der Waals surface area contributed by atoms with Gasteiger partial charge in [0.1, 0.15) is 5.84 Å². The molecule has 1 aliphatic rings. The molecule has 4 nitrogen and oxygen atoms in total. The van der Waals surface area contributed by atoms with Crippen LogP contribution in [0.15, 0.2) is 35.3 Å². The summed E-state index contributed by atoms with van der Waals surface area (Å²) in [7, 11) is 1.67. The number of amidine groups is 1. The van der Waals surface area contributed by atoms with Gasteiger partial charge in [0.05, 0.1) is 12.1 Å². The molecule has 0 atom stereocenters. The molecule has 1 heterocycles. The number of nitrogens with zero attached hydrogens (tertiary/aromatic N) is 2. The molecule has 2 rings (SSSR count). The molecule has 9 radical (unpaired) electrons. The third-order valence-corrected chi connectivity index (χ3v) is 2.09. The quantitative estimate of drug-likeness (QED) is 0.434. The standard InChI is InChI=1S/C10H11N3O.CH3.9Y/c1-11-9-7-10(14)13(12-9)8-5-3-2-4-6-8;;;;;;;;;;/h2-6H,7H2,1H3,(H,11,12);1H3;;;;;;;;;/q;-1;;;;;;;;;. The minimum atomic E-state index is 0. The molecule has 0 aromatic heterocycles. The van der Waals surface area contributed by atoms with Crippen molar-refractivity contribution >= 4 is 17.4 Å². The van der Waals surface area contributed by atoms with Gasteiger partial charge in [0.25, 0.3) is 5.91 Å². The van der Waals surface area contributed by atoms with Crippen LogP contribution in [-0.2, 0) is 299 Å². The first-order valence-electron chi connectivity index (χ1n) is 4.41. The van der Waals surface area contributed by atoms with E-state index in [-0.39, 0.29) is 308 Å². The minimum Gasteiger partial charge on any atom is -0.358 e. The smallest absolute Gasteiger partial charge is 0.253 e. The maximum atomic E-state index is 11.5. The molecule has 1 saturated heterocycles. The normalized spacial score (nSPS) is 11.0. The van der Waals surface area contributed by atoms with E-state index in [0.29, 0.717) is 12.3 Å². The number of hydrogen-bond acceptors (Lipinski definition) is 2. The van der Waals surface area contributed by atoms with Crippen LogP contribution in [0.1, 0.15) is 6.42 Å². The Morgan fingerprint density at radius 1 is 0.875 bits per heavy atom. The number of aliphatic imine (C=N–C) groups is 1. The molecule has 24 heavy (non-hydrogen) atoms. The van der Waals surface area contributed by atoms with Gasteiger partial charge in [0.2, 0.25) is 0 Å². The molecule has 1 aliphatic heterocycles. The molecule has 1 aromatic carbocycles. The Balaban J connectivity index is -0.0000000321. The molecular formula is C11H14N3OY9-. The van der Waals surface area contributed by atoms with E-state index in [4.69, 9.17) is 0 Å². The first-order valence-corrected chi connectivity index (χ1v) is 4.41. The van der Waals surface area contributed by atoms with Crippen molar-refractivity contribution in [3.8, 4) is 0 Å². The average molecular weight is 1000 g/mol. The molecule has 0 bridgehead atoms. The fourth-order valence-corrected chi connectivity index (χ4v) is 1.37. The molecule has 1 fully saturated rings. The fraction of sp³-hybridized carbons (Fsp3) is 0.182. The first kappa shape index (κ1) is 58.2. The minimum absolute atomic E-state index is 0. The molecule has 1 N–H and O–H groups in total. The molecular weight excluding hydrogens is 990 g/mol. The number of amides is 1. The van der Waals surface area contributed by atoms with Crippen LogP contribution in [0.5, 0.6) is 0 Å². The molecule has 0 aliphatic carbocycles. The summed E-state index contributed by atoms with van der Waals surface area (Å²) in [5, 5.41) is 1.52. The fourth-order valence-electron chi connectivity index (χ4n) is 1.37. The summed E-state index contributed by atoms with van der Waals surface area (Å²) in [5.74, 6) is 0.732. The van der Waals surface area contributed by atoms with Gasteiger partial charge in [0.15, 0.2) is 0 Å². The Hall–Kier alpha value is 8.10. The van der Waals surface area contributed by atoms with Crippen molar-refractivity contribution in [3.63, 3.8) is 0 Å². The van der Waals surface area contributed by atoms with Crippen molar-refractivity contribution in [2.75, 3.05) is 12.1 Å². The molecule has 1 amide bonds. The average Bonchev–Trinajstić information content (AvgIpc) is 2.61. The zero-order valence-corrected chi connectivity index (χ0v) is 39.6. The molecule has 1 aromatic rings. The number of hydrogen-bond donors (Lipinski definition) is 1. The van der Waals surface area contributed by atoms with Gasteiger partial charge in [-0.05, 0) is 12.1 Å². The Kier molecular flexibility index (Phi) is 86.5. The van der Waals surface area contributed by atoms with Crippen molar-refractivity contribution in [2.45, 2.75) is 6.42 Å². The number of para-hydroxylation sites is 1. The summed E-state index contributed by atoms with van der Waals surface area (Å²) in [6.45, 7) is 0. The van der Waals surface area contributed by atoms with E-state index in [1.165, 1.54) is 5.01 Å². The number of nitrogens with one attached hydrogen (secondary N) is 1. The summed E-state index contributed by atoms with van der Waals surface area (Å²) in [5.41, 5.74) is 3.78. The SMILES string of the molecule is CN=C1CC(=O)N(c2ccccc2)N1.[CH3-].[Y].[Y].[Y].[Y].[Y].[Y].[Y].[Y].[Y]. The molecule has 13 heteroatoms. The predicted octanol–water partition coefficient (Wildman–Crippen LogP) is 1.38. The predicted molar refractivity (Wildman–Crippen MR) is 61.5 cm³/mol. The van der Waals surface area contributed by atoms with Gasteiger partial charge >= 0.3 is 0 Å². The largest absolute Gasteiger partial charge is 0.358 e. The van der Waals surface area contributed by atoms with Crippen molar-refractivity contribution in [1.82, 2.24) is 5.43 Å². The summed E-state index contributed by atoms with van der Waals surface area (Å²) in [6, 6.07) is 9.46. The van der Waals surface area contributed by atoms with Gasteiger partial charge in [-0.3, -0.25) is 15.2 Å². The van der Waals surface area contributed by atoms with E-state index in [0.717, 1.165) is 5.69 Å². The topological polar surface area (TPSA) is 44.7 Å². The van der Waals surface area contributed by atoms with Crippen LogP contribution in [0.3, 0.4) is 0 Å². The molecule has 0 spiro atoms. The van der Waals surface area contributed by atoms with Gasteiger partial charge in [-0.25, -0.2) is 5.01 Å². The Labute approximate surface area is 372 Å². The van der Waals surface area contributed by atoms with Gasteiger partial charge in [-0.15, -0.1) is 0 Å². The number of benzene rings is 1. The number of rotatable bonds is 1. The number of hydrazine groups is 1. The van der Waals surface area contributed by atoms with E-state index in [9.17, 15) is 4.79 Å². The van der Waals surface area contributed by atoms with Crippen LogP contribution in [0.2, 0.25) is 0 Å². The van der Waals surface area contributed by atoms with Crippen LogP contribution >= 0.6 is 0 Å². The van der Waals surface area contributed by atoms with Gasteiger partial charge in [-0.1, -0.05) is 18.2 Å². The second-order valence-electron chi connectivity index (χ2n) is 3.02. The molecule has 107 valence electrons. The zero-order chi connectivity index (χ0) is 9.97. The van der Waals surface area contributed by atoms with Crippen molar-refractivity contribution in [3.05, 3.63) is 37.8 Å². The molecule has 0 saturated carbocycles. The second kappa shape index (κ2) is 35.7. The monoisotopic (exact) mass is 1000 g/mol. The third-order valence-electron chi connectivity index (χ3n) is 2.09. The van der Waals surface area contributed by atoms with Crippen LogP contribution in [0.4, 0.5) is 5.69 Å². The zero-order valence-electron chi connectivity index (χ0n) is 14.1. The first-order chi connectivity index (χ1) is 6.81. The van der Waals surface area contributed by atoms with E-state index in [1.54, 1.807) is 7.05 Å². The number of carbonyl (C=O) groups is 1. The van der Waals surface area contributed by atoms with Crippen LogP contribution in [0, 0.1) is 7.43 Å². The summed E-state index contributed by atoms with van der Waals surface area (Å²) in [6.07, 6.45) is 0.353. The van der Waals surface area contributed by atoms with E-state index in [2.05, 4.69) is 10.4 Å². The van der Waals surface area contributed by atoms with E-state index >= 15 is 0 Å². The Morgan fingerprint density at radius 3 is 1.62 bits per heavy atom. The second-order valence-corrected chi connectivity index (χ2v) is 3.02. The van der Waals surface area contributed by atoms with E-state index in [1.807, 2.05) is 30.3 Å². The summed E-state index contributed by atoms with van der Waals surface area (Å²) in [4.78, 5) is 15.5. The summed E-state index contributed by atoms with van der Waals surface area (Å²) < 4.78 is 0. The number of anilines is 1. The number of carbonyl (C=O) groups excluding carboxylic acids is 1. The van der Waals surface area contributed by atoms with Crippen LogP contribution in [-0.4, -0.2) is 18.8 Å². The van der Waals surface area contributed by atoms with Crippen molar-refractivity contribution in [2.24, 2.45) is 4.99 Å². The van der Waals surface area contributed by atoms with Gasteiger partial charge in [-0.2, -0.15) is 0 Å². The van der Waals surface area contributed by atoms with Crippen molar-refractivity contribution < 1.29 is 299 Å². The molecule has 0 unspecified atom stereocenters. The van der Waals surface area contributed by atoms with Crippen LogP contribution < -0.4 is 10.4 Å². The Bertz CT molecular complexity index is 396.